The lowest BCUT2D eigenvalue weighted by Gasteiger charge is -2.09. The molecule has 7 heteroatoms. The van der Waals surface area contributed by atoms with Gasteiger partial charge >= 0.3 is 5.69 Å². The van der Waals surface area contributed by atoms with Gasteiger partial charge in [-0.3, -0.25) is 10.1 Å². The van der Waals surface area contributed by atoms with Crippen LogP contribution in [0.1, 0.15) is 6.42 Å². The third-order valence-electron chi connectivity index (χ3n) is 2.31. The van der Waals surface area contributed by atoms with Crippen LogP contribution < -0.4 is 10.1 Å². The summed E-state index contributed by atoms with van der Waals surface area (Å²) in [5.41, 5.74) is -0.217. The molecule has 0 spiro atoms. The predicted octanol–water partition coefficient (Wildman–Crippen LogP) is 2.19. The fourth-order valence-corrected chi connectivity index (χ4v) is 1.42. The number of nitro benzene ring substituents is 1. The van der Waals surface area contributed by atoms with E-state index in [4.69, 9.17) is 9.47 Å². The molecule has 0 unspecified atom stereocenters. The fourth-order valence-electron chi connectivity index (χ4n) is 1.42. The zero-order valence-electron chi connectivity index (χ0n) is 10.2. The lowest BCUT2D eigenvalue weighted by atomic mass is 10.2. The van der Waals surface area contributed by atoms with Gasteiger partial charge in [-0.15, -0.1) is 0 Å². The number of ether oxygens (including phenoxy) is 2. The maximum Gasteiger partial charge on any atom is 0.313 e. The second-order valence-corrected chi connectivity index (χ2v) is 3.53. The highest BCUT2D eigenvalue weighted by Gasteiger charge is 2.18. The van der Waals surface area contributed by atoms with Gasteiger partial charge in [-0.25, -0.2) is 4.39 Å². The number of rotatable bonds is 7. The van der Waals surface area contributed by atoms with Crippen LogP contribution in [0.4, 0.5) is 15.8 Å². The molecule has 1 N–H and O–H groups in total. The lowest BCUT2D eigenvalue weighted by Crippen LogP contribution is -2.07. The molecule has 0 bridgehead atoms. The molecule has 0 aromatic heterocycles. The van der Waals surface area contributed by atoms with Gasteiger partial charge in [-0.05, 0) is 6.42 Å². The molecule has 1 aromatic carbocycles. The van der Waals surface area contributed by atoms with Crippen molar-refractivity contribution in [2.24, 2.45) is 0 Å². The molecule has 0 radical (unpaired) electrons. The summed E-state index contributed by atoms with van der Waals surface area (Å²) < 4.78 is 23.3. The molecule has 0 heterocycles. The Morgan fingerprint density at radius 1 is 1.44 bits per heavy atom. The molecule has 0 atom stereocenters. The van der Waals surface area contributed by atoms with Gasteiger partial charge in [0.25, 0.3) is 0 Å². The number of nitro groups is 1. The summed E-state index contributed by atoms with van der Waals surface area (Å²) in [6, 6.07) is 2.12. The summed E-state index contributed by atoms with van der Waals surface area (Å²) in [5, 5.41) is 13.5. The topological polar surface area (TPSA) is 73.6 Å². The molecule has 1 rings (SSSR count). The Labute approximate surface area is 104 Å². The average molecular weight is 258 g/mol. The number of nitrogens with zero attached hydrogens (tertiary/aromatic N) is 1. The molecule has 0 aliphatic heterocycles. The Bertz CT molecular complexity index is 426. The van der Waals surface area contributed by atoms with Crippen molar-refractivity contribution in [1.29, 1.82) is 0 Å². The third kappa shape index (κ3) is 3.56. The highest BCUT2D eigenvalue weighted by Crippen LogP contribution is 2.32. The minimum absolute atomic E-state index is 0.0237. The van der Waals surface area contributed by atoms with E-state index in [0.717, 1.165) is 6.07 Å². The van der Waals surface area contributed by atoms with E-state index in [1.54, 1.807) is 7.11 Å². The highest BCUT2D eigenvalue weighted by molar-refractivity contribution is 5.59. The molecule has 1 aromatic rings. The number of halogens is 1. The Morgan fingerprint density at radius 3 is 2.72 bits per heavy atom. The van der Waals surface area contributed by atoms with Gasteiger partial charge in [0.05, 0.1) is 23.8 Å². The smallest absolute Gasteiger partial charge is 0.313 e. The number of anilines is 1. The van der Waals surface area contributed by atoms with Crippen LogP contribution in [0.15, 0.2) is 12.1 Å². The van der Waals surface area contributed by atoms with Crippen molar-refractivity contribution in [2.75, 3.05) is 32.7 Å². The normalized spacial score (nSPS) is 10.2. The second kappa shape index (κ2) is 6.75. The van der Waals surface area contributed by atoms with E-state index in [9.17, 15) is 14.5 Å². The van der Waals surface area contributed by atoms with Gasteiger partial charge < -0.3 is 14.8 Å². The molecular weight excluding hydrogens is 243 g/mol. The molecule has 18 heavy (non-hydrogen) atoms. The Hall–Kier alpha value is -1.89. The standard InChI is InChI=1S/C11H15FN2O4/c1-17-5-3-4-13-9-7-11(18-2)10(14(15)16)6-8(9)12/h6-7,13H,3-5H2,1-2H3. The molecule has 0 aliphatic carbocycles. The van der Waals surface area contributed by atoms with Gasteiger partial charge in [0, 0.05) is 26.3 Å². The maximum atomic E-state index is 13.6. The first-order chi connectivity index (χ1) is 8.60. The molecule has 0 amide bonds. The van der Waals surface area contributed by atoms with E-state index in [1.807, 2.05) is 0 Å². The van der Waals surface area contributed by atoms with Crippen LogP contribution in [-0.4, -0.2) is 32.3 Å². The fraction of sp³-hybridized carbons (Fsp3) is 0.455. The van der Waals surface area contributed by atoms with Crippen LogP contribution in [0.2, 0.25) is 0 Å². The Balaban J connectivity index is 2.83. The van der Waals surface area contributed by atoms with Crippen LogP contribution >= 0.6 is 0 Å². The van der Waals surface area contributed by atoms with Crippen molar-refractivity contribution in [3.63, 3.8) is 0 Å². The average Bonchev–Trinajstić information content (AvgIpc) is 2.35. The van der Waals surface area contributed by atoms with E-state index in [-0.39, 0.29) is 11.4 Å². The molecule has 6 nitrogen and oxygen atoms in total. The van der Waals surface area contributed by atoms with E-state index in [2.05, 4.69) is 5.32 Å². The number of nitrogens with one attached hydrogen (secondary N) is 1. The first-order valence-electron chi connectivity index (χ1n) is 5.35. The minimum Gasteiger partial charge on any atom is -0.490 e. The van der Waals surface area contributed by atoms with Gasteiger partial charge in [-0.2, -0.15) is 0 Å². The zero-order chi connectivity index (χ0) is 13.5. The largest absolute Gasteiger partial charge is 0.490 e. The van der Waals surface area contributed by atoms with Crippen molar-refractivity contribution in [2.45, 2.75) is 6.42 Å². The van der Waals surface area contributed by atoms with Crippen molar-refractivity contribution in [3.05, 3.63) is 28.1 Å². The van der Waals surface area contributed by atoms with Gasteiger partial charge in [0.2, 0.25) is 0 Å². The first kappa shape index (κ1) is 14.2. The molecule has 0 saturated heterocycles. The van der Waals surface area contributed by atoms with Crippen LogP contribution in [0.3, 0.4) is 0 Å². The summed E-state index contributed by atoms with van der Waals surface area (Å²) in [5.74, 6) is -0.657. The van der Waals surface area contributed by atoms with Gasteiger partial charge in [-0.1, -0.05) is 0 Å². The van der Waals surface area contributed by atoms with E-state index >= 15 is 0 Å². The molecule has 0 aliphatic rings. The monoisotopic (exact) mass is 258 g/mol. The first-order valence-corrected chi connectivity index (χ1v) is 5.35. The summed E-state index contributed by atoms with van der Waals surface area (Å²) in [6.45, 7) is 1.06. The quantitative estimate of drug-likeness (QED) is 0.461. The summed E-state index contributed by atoms with van der Waals surface area (Å²) in [4.78, 5) is 9.98. The highest BCUT2D eigenvalue weighted by atomic mass is 19.1. The number of methoxy groups -OCH3 is 2. The van der Waals surface area contributed by atoms with Crippen molar-refractivity contribution < 1.29 is 18.8 Å². The maximum absolute atomic E-state index is 13.6. The van der Waals surface area contributed by atoms with Crippen LogP contribution in [0.25, 0.3) is 0 Å². The van der Waals surface area contributed by atoms with Gasteiger partial charge in [0.1, 0.15) is 0 Å². The Kier molecular flexibility index (Phi) is 5.31. The van der Waals surface area contributed by atoms with Crippen LogP contribution in [-0.2, 0) is 4.74 Å². The molecule has 100 valence electrons. The second-order valence-electron chi connectivity index (χ2n) is 3.53. The summed E-state index contributed by atoms with van der Waals surface area (Å²) in [6.07, 6.45) is 0.704. The van der Waals surface area contributed by atoms with E-state index in [0.29, 0.717) is 19.6 Å². The van der Waals surface area contributed by atoms with E-state index in [1.165, 1.54) is 13.2 Å². The summed E-state index contributed by atoms with van der Waals surface area (Å²) in [7, 11) is 2.88. The molecule has 0 fully saturated rings. The Morgan fingerprint density at radius 2 is 2.17 bits per heavy atom. The van der Waals surface area contributed by atoms with E-state index < -0.39 is 16.4 Å². The predicted molar refractivity (Wildman–Crippen MR) is 64.6 cm³/mol. The van der Waals surface area contributed by atoms with Crippen LogP contribution in [0.5, 0.6) is 5.75 Å². The van der Waals surface area contributed by atoms with Gasteiger partial charge in [0.15, 0.2) is 11.6 Å². The zero-order valence-corrected chi connectivity index (χ0v) is 10.2. The lowest BCUT2D eigenvalue weighted by molar-refractivity contribution is -0.385. The number of hydrogen-bond acceptors (Lipinski definition) is 5. The van der Waals surface area contributed by atoms with Crippen LogP contribution in [0, 0.1) is 15.9 Å². The van der Waals surface area contributed by atoms with Crippen molar-refractivity contribution in [1.82, 2.24) is 0 Å². The van der Waals surface area contributed by atoms with Crippen molar-refractivity contribution >= 4 is 11.4 Å². The summed E-state index contributed by atoms with van der Waals surface area (Å²) >= 11 is 0. The minimum atomic E-state index is -0.684. The third-order valence-corrected chi connectivity index (χ3v) is 2.31. The SMILES string of the molecule is COCCCNc1cc(OC)c([N+](=O)[O-])cc1F. The number of hydrogen-bond donors (Lipinski definition) is 1. The van der Waals surface area contributed by atoms with Crippen molar-refractivity contribution in [3.8, 4) is 5.75 Å². The molecule has 0 saturated carbocycles. The number of benzene rings is 1. The molecular formula is C11H15FN2O4.